The van der Waals surface area contributed by atoms with E-state index in [-0.39, 0.29) is 27.4 Å². The third-order valence-corrected chi connectivity index (χ3v) is 7.12. The van der Waals surface area contributed by atoms with Crippen LogP contribution in [0.1, 0.15) is 76.1 Å². The number of rotatable bonds is 6. The van der Waals surface area contributed by atoms with Gasteiger partial charge in [0, 0.05) is 19.0 Å². The zero-order valence-electron chi connectivity index (χ0n) is 17.4. The minimum atomic E-state index is -3.85. The first-order valence-electron chi connectivity index (χ1n) is 10.4. The van der Waals surface area contributed by atoms with Crippen molar-refractivity contribution in [3.63, 3.8) is 0 Å². The van der Waals surface area contributed by atoms with Gasteiger partial charge in [-0.3, -0.25) is 4.79 Å². The van der Waals surface area contributed by atoms with Crippen LogP contribution in [0.2, 0.25) is 5.02 Å². The van der Waals surface area contributed by atoms with Crippen molar-refractivity contribution >= 4 is 39.1 Å². The van der Waals surface area contributed by atoms with Gasteiger partial charge in [0.2, 0.25) is 0 Å². The van der Waals surface area contributed by atoms with E-state index in [9.17, 15) is 13.2 Å². The molecule has 0 spiro atoms. The molecule has 6 nitrogen and oxygen atoms in total. The molecule has 0 unspecified atom stereocenters. The molecule has 1 atom stereocenters. The first-order valence-corrected chi connectivity index (χ1v) is 12.3. The van der Waals surface area contributed by atoms with Crippen LogP contribution in [0.15, 0.2) is 21.4 Å². The Morgan fingerprint density at radius 3 is 2.69 bits per heavy atom. The average Bonchev–Trinajstić information content (AvgIpc) is 2.85. The van der Waals surface area contributed by atoms with E-state index in [1.807, 2.05) is 11.8 Å². The maximum absolute atomic E-state index is 12.8. The summed E-state index contributed by atoms with van der Waals surface area (Å²) in [5.74, 6) is 0.848. The Balaban J connectivity index is 1.84. The highest BCUT2D eigenvalue weighted by molar-refractivity contribution is 7.90. The highest BCUT2D eigenvalue weighted by Crippen LogP contribution is 2.37. The molecule has 2 aliphatic heterocycles. The third kappa shape index (κ3) is 5.12. The quantitative estimate of drug-likeness (QED) is 0.692. The van der Waals surface area contributed by atoms with Gasteiger partial charge in [-0.25, -0.2) is 0 Å². The van der Waals surface area contributed by atoms with Crippen LogP contribution in [0.25, 0.3) is 0 Å². The largest absolute Gasteiger partial charge is 0.350 e. The molecule has 1 saturated heterocycles. The summed E-state index contributed by atoms with van der Waals surface area (Å²) in [5.41, 5.74) is 0.710. The van der Waals surface area contributed by atoms with Crippen molar-refractivity contribution in [1.82, 2.24) is 5.32 Å². The Bertz CT molecular complexity index is 912. The number of anilines is 1. The second-order valence-corrected chi connectivity index (χ2v) is 10.4. The van der Waals surface area contributed by atoms with Crippen LogP contribution in [0, 0.1) is 5.92 Å². The minimum Gasteiger partial charge on any atom is -0.350 e. The van der Waals surface area contributed by atoms with Gasteiger partial charge in [0.25, 0.3) is 15.9 Å². The number of hydrogen-bond acceptors (Lipinski definition) is 4. The molecular weight excluding hydrogens is 410 g/mol. The molecule has 1 N–H and O–H groups in total. The van der Waals surface area contributed by atoms with Crippen molar-refractivity contribution in [2.24, 2.45) is 10.3 Å². The van der Waals surface area contributed by atoms with Gasteiger partial charge < -0.3 is 10.2 Å². The van der Waals surface area contributed by atoms with E-state index in [1.54, 1.807) is 6.07 Å². The molecule has 2 aliphatic rings. The second kappa shape index (κ2) is 9.04. The van der Waals surface area contributed by atoms with Crippen LogP contribution in [0.5, 0.6) is 0 Å². The number of sulfonamides is 1. The summed E-state index contributed by atoms with van der Waals surface area (Å²) >= 11 is 6.43. The molecule has 0 aromatic heterocycles. The lowest BCUT2D eigenvalue weighted by Gasteiger charge is -2.30. The molecule has 1 aromatic carbocycles. The summed E-state index contributed by atoms with van der Waals surface area (Å²) in [7, 11) is -3.85. The molecule has 1 fully saturated rings. The maximum atomic E-state index is 12.8. The van der Waals surface area contributed by atoms with Gasteiger partial charge >= 0.3 is 0 Å². The molecule has 0 saturated carbocycles. The molecule has 0 aliphatic carbocycles. The monoisotopic (exact) mass is 439 g/mol. The third-order valence-electron chi connectivity index (χ3n) is 5.48. The first kappa shape index (κ1) is 22.1. The summed E-state index contributed by atoms with van der Waals surface area (Å²) < 4.78 is 29.6. The number of carbonyl (C=O) groups is 1. The van der Waals surface area contributed by atoms with Gasteiger partial charge in [-0.15, -0.1) is 4.40 Å². The van der Waals surface area contributed by atoms with Crippen molar-refractivity contribution in [3.05, 3.63) is 22.7 Å². The summed E-state index contributed by atoms with van der Waals surface area (Å²) in [6.07, 6.45) is 6.55. The zero-order chi connectivity index (χ0) is 21.2. The Hall–Kier alpha value is -1.60. The van der Waals surface area contributed by atoms with E-state index in [2.05, 4.69) is 23.6 Å². The van der Waals surface area contributed by atoms with Crippen LogP contribution < -0.4 is 10.2 Å². The molecule has 3 rings (SSSR count). The van der Waals surface area contributed by atoms with E-state index in [4.69, 9.17) is 11.6 Å². The number of amides is 1. The fourth-order valence-corrected chi connectivity index (χ4v) is 5.39. The highest BCUT2D eigenvalue weighted by atomic mass is 35.5. The Morgan fingerprint density at radius 2 is 1.97 bits per heavy atom. The smallest absolute Gasteiger partial charge is 0.286 e. The molecule has 0 bridgehead atoms. The molecule has 0 radical (unpaired) electrons. The Morgan fingerprint density at radius 1 is 1.21 bits per heavy atom. The van der Waals surface area contributed by atoms with Gasteiger partial charge in [-0.05, 0) is 44.2 Å². The van der Waals surface area contributed by atoms with Crippen molar-refractivity contribution in [3.8, 4) is 0 Å². The maximum Gasteiger partial charge on any atom is 0.286 e. The number of fused-ring (bicyclic) bond motifs is 3. The lowest BCUT2D eigenvalue weighted by Crippen LogP contribution is -2.36. The Labute approximate surface area is 178 Å². The van der Waals surface area contributed by atoms with E-state index in [0.717, 1.165) is 38.5 Å². The van der Waals surface area contributed by atoms with Gasteiger partial charge in [-0.1, -0.05) is 44.7 Å². The van der Waals surface area contributed by atoms with E-state index in [1.165, 1.54) is 6.07 Å². The highest BCUT2D eigenvalue weighted by Gasteiger charge is 2.33. The number of hydrogen-bond donors (Lipinski definition) is 1. The van der Waals surface area contributed by atoms with E-state index in [0.29, 0.717) is 30.4 Å². The fourth-order valence-electron chi connectivity index (χ4n) is 3.88. The molecule has 2 heterocycles. The van der Waals surface area contributed by atoms with Crippen molar-refractivity contribution < 1.29 is 13.2 Å². The number of amidine groups is 1. The van der Waals surface area contributed by atoms with Crippen molar-refractivity contribution in [2.75, 3.05) is 11.4 Å². The minimum absolute atomic E-state index is 0.0137. The summed E-state index contributed by atoms with van der Waals surface area (Å²) in [5, 5.41) is 3.20. The molecule has 1 aromatic rings. The van der Waals surface area contributed by atoms with Gasteiger partial charge in [-0.2, -0.15) is 8.42 Å². The molecule has 29 heavy (non-hydrogen) atoms. The van der Waals surface area contributed by atoms with Crippen molar-refractivity contribution in [1.29, 1.82) is 0 Å². The lowest BCUT2D eigenvalue weighted by atomic mass is 10.0. The van der Waals surface area contributed by atoms with Crippen LogP contribution in [0.4, 0.5) is 5.69 Å². The molecule has 160 valence electrons. The van der Waals surface area contributed by atoms with Gasteiger partial charge in [0.15, 0.2) is 0 Å². The molecule has 1 amide bonds. The lowest BCUT2D eigenvalue weighted by molar-refractivity contribution is 0.0937. The number of benzene rings is 1. The van der Waals surface area contributed by atoms with Gasteiger partial charge in [0.1, 0.15) is 10.7 Å². The van der Waals surface area contributed by atoms with E-state index >= 15 is 0 Å². The molecular formula is C21H30ClN3O3S. The zero-order valence-corrected chi connectivity index (χ0v) is 18.9. The normalized spacial score (nSPS) is 19.1. The predicted octanol–water partition coefficient (Wildman–Crippen LogP) is 4.77. The summed E-state index contributed by atoms with van der Waals surface area (Å²) in [6.45, 7) is 7.01. The van der Waals surface area contributed by atoms with Crippen LogP contribution in [-0.4, -0.2) is 32.7 Å². The average molecular weight is 440 g/mol. The number of nitrogens with one attached hydrogen (secondary N) is 1. The number of halogens is 1. The second-order valence-electron chi connectivity index (χ2n) is 8.44. The van der Waals surface area contributed by atoms with Crippen LogP contribution >= 0.6 is 11.6 Å². The number of nitrogens with zero attached hydrogens (tertiary/aromatic N) is 2. The van der Waals surface area contributed by atoms with Crippen LogP contribution in [0.3, 0.4) is 0 Å². The SMILES string of the molecule is CC(C)CCC[C@H](C)NC(=O)c1cc2c(cc1Cl)N1CCCCCC1=NS2(=O)=O. The van der Waals surface area contributed by atoms with E-state index < -0.39 is 10.0 Å². The van der Waals surface area contributed by atoms with Crippen LogP contribution in [-0.2, 0) is 10.0 Å². The molecule has 8 heteroatoms. The predicted molar refractivity (Wildman–Crippen MR) is 118 cm³/mol. The number of carbonyl (C=O) groups excluding carboxylic acids is 1. The summed E-state index contributed by atoms with van der Waals surface area (Å²) in [4.78, 5) is 14.8. The topological polar surface area (TPSA) is 78.8 Å². The fraction of sp³-hybridized carbons (Fsp3) is 0.619. The summed E-state index contributed by atoms with van der Waals surface area (Å²) in [6, 6.07) is 2.97. The standard InChI is InChI=1S/C21H30ClN3O3S/c1-14(2)8-7-9-15(3)23-21(26)16-12-19-18(13-17(16)22)25-11-6-4-5-10-20(25)24-29(19,27)28/h12-15H,4-11H2,1-3H3,(H,23,26)/t15-/m0/s1. The van der Waals surface area contributed by atoms with Crippen molar-refractivity contribution in [2.45, 2.75) is 76.7 Å². The van der Waals surface area contributed by atoms with Gasteiger partial charge in [0.05, 0.1) is 16.3 Å². The Kier molecular flexibility index (Phi) is 6.89. The first-order chi connectivity index (χ1) is 13.7.